The Balaban J connectivity index is 3.63. The lowest BCUT2D eigenvalue weighted by atomic mass is 10.0. The number of rotatable bonds is 4. The van der Waals surface area contributed by atoms with E-state index in [2.05, 4.69) is 0 Å². The van der Waals surface area contributed by atoms with Crippen molar-refractivity contribution in [2.75, 3.05) is 6.61 Å². The standard InChI is InChI=1S/C8H16N2O/c1-4-8(3,10)6-11-7(2)5-9/h7H,4,6,10H2,1-3H3. The highest BCUT2D eigenvalue weighted by molar-refractivity contribution is 4.82. The van der Waals surface area contributed by atoms with Crippen molar-refractivity contribution < 1.29 is 4.74 Å². The third kappa shape index (κ3) is 4.77. The predicted octanol–water partition coefficient (Wildman–Crippen LogP) is 1.04. The Morgan fingerprint density at radius 3 is 2.64 bits per heavy atom. The molecule has 0 aromatic carbocycles. The molecule has 0 bridgehead atoms. The van der Waals surface area contributed by atoms with E-state index in [4.69, 9.17) is 15.7 Å². The van der Waals surface area contributed by atoms with Crippen LogP contribution in [0.3, 0.4) is 0 Å². The highest BCUT2D eigenvalue weighted by atomic mass is 16.5. The van der Waals surface area contributed by atoms with Gasteiger partial charge in [0.2, 0.25) is 0 Å². The Bertz CT molecular complexity index is 149. The smallest absolute Gasteiger partial charge is 0.141 e. The molecule has 64 valence electrons. The summed E-state index contributed by atoms with van der Waals surface area (Å²) in [6.45, 7) is 6.07. The molecule has 2 unspecified atom stereocenters. The van der Waals surface area contributed by atoms with Crippen LogP contribution >= 0.6 is 0 Å². The Morgan fingerprint density at radius 2 is 2.27 bits per heavy atom. The quantitative estimate of drug-likeness (QED) is 0.661. The van der Waals surface area contributed by atoms with Crippen LogP contribution in [-0.4, -0.2) is 18.2 Å². The van der Waals surface area contributed by atoms with E-state index in [0.29, 0.717) is 6.61 Å². The fourth-order valence-electron chi connectivity index (χ4n) is 0.455. The summed E-state index contributed by atoms with van der Waals surface area (Å²) in [5.74, 6) is 0. The zero-order valence-electron chi connectivity index (χ0n) is 7.42. The molecule has 2 N–H and O–H groups in total. The summed E-state index contributed by atoms with van der Waals surface area (Å²) in [5.41, 5.74) is 5.48. The topological polar surface area (TPSA) is 59.0 Å². The number of ether oxygens (including phenoxy) is 1. The van der Waals surface area contributed by atoms with E-state index >= 15 is 0 Å². The van der Waals surface area contributed by atoms with Crippen LogP contribution in [0.15, 0.2) is 0 Å². The molecule has 0 heterocycles. The van der Waals surface area contributed by atoms with Gasteiger partial charge in [-0.05, 0) is 20.3 Å². The van der Waals surface area contributed by atoms with Crippen LogP contribution < -0.4 is 5.73 Å². The minimum Gasteiger partial charge on any atom is -0.362 e. The van der Waals surface area contributed by atoms with Gasteiger partial charge < -0.3 is 10.5 Å². The number of hydrogen-bond donors (Lipinski definition) is 1. The van der Waals surface area contributed by atoms with E-state index in [0.717, 1.165) is 6.42 Å². The molecule has 0 rings (SSSR count). The molecule has 0 aliphatic carbocycles. The second kappa shape index (κ2) is 4.32. The molecular weight excluding hydrogens is 140 g/mol. The van der Waals surface area contributed by atoms with E-state index in [9.17, 15) is 0 Å². The van der Waals surface area contributed by atoms with Crippen molar-refractivity contribution in [3.63, 3.8) is 0 Å². The average molecular weight is 156 g/mol. The fraction of sp³-hybridized carbons (Fsp3) is 0.875. The SMILES string of the molecule is CCC(C)(N)COC(C)C#N. The number of hydrogen-bond acceptors (Lipinski definition) is 3. The summed E-state index contributed by atoms with van der Waals surface area (Å²) in [6, 6.07) is 1.98. The molecule has 0 saturated carbocycles. The molecule has 0 fully saturated rings. The van der Waals surface area contributed by atoms with E-state index in [1.54, 1.807) is 6.92 Å². The molecule has 0 aromatic heterocycles. The first-order valence-corrected chi connectivity index (χ1v) is 3.82. The van der Waals surface area contributed by atoms with Crippen LogP contribution in [0.5, 0.6) is 0 Å². The van der Waals surface area contributed by atoms with Crippen molar-refractivity contribution in [3.8, 4) is 6.07 Å². The van der Waals surface area contributed by atoms with Gasteiger partial charge in [0.25, 0.3) is 0 Å². The van der Waals surface area contributed by atoms with E-state index in [1.807, 2.05) is 19.9 Å². The Morgan fingerprint density at radius 1 is 1.73 bits per heavy atom. The van der Waals surface area contributed by atoms with E-state index in [1.165, 1.54) is 0 Å². The Kier molecular flexibility index (Phi) is 4.09. The zero-order chi connectivity index (χ0) is 8.91. The maximum absolute atomic E-state index is 8.39. The fourth-order valence-corrected chi connectivity index (χ4v) is 0.455. The van der Waals surface area contributed by atoms with Crippen molar-refractivity contribution in [1.29, 1.82) is 5.26 Å². The van der Waals surface area contributed by atoms with Gasteiger partial charge in [-0.1, -0.05) is 6.92 Å². The Labute approximate surface area is 68.1 Å². The molecule has 0 amide bonds. The molecule has 0 aliphatic heterocycles. The Hall–Kier alpha value is -0.590. The molecular formula is C8H16N2O. The summed E-state index contributed by atoms with van der Waals surface area (Å²) in [7, 11) is 0. The van der Waals surface area contributed by atoms with Crippen LogP contribution in [0.4, 0.5) is 0 Å². The molecule has 3 nitrogen and oxygen atoms in total. The summed E-state index contributed by atoms with van der Waals surface area (Å²) < 4.78 is 5.16. The first-order chi connectivity index (χ1) is 5.02. The van der Waals surface area contributed by atoms with Gasteiger partial charge in [-0.3, -0.25) is 0 Å². The number of nitrogens with two attached hydrogens (primary N) is 1. The third-order valence-electron chi connectivity index (χ3n) is 1.65. The zero-order valence-corrected chi connectivity index (χ0v) is 7.42. The van der Waals surface area contributed by atoms with Gasteiger partial charge in [-0.15, -0.1) is 0 Å². The summed E-state index contributed by atoms with van der Waals surface area (Å²) in [4.78, 5) is 0. The minimum absolute atomic E-state index is 0.300. The first-order valence-electron chi connectivity index (χ1n) is 3.82. The largest absolute Gasteiger partial charge is 0.362 e. The number of nitrogens with zero attached hydrogens (tertiary/aromatic N) is 1. The van der Waals surface area contributed by atoms with Crippen LogP contribution in [0.25, 0.3) is 0 Å². The van der Waals surface area contributed by atoms with Gasteiger partial charge in [-0.25, -0.2) is 0 Å². The first kappa shape index (κ1) is 10.4. The third-order valence-corrected chi connectivity index (χ3v) is 1.65. The molecule has 11 heavy (non-hydrogen) atoms. The van der Waals surface area contributed by atoms with Gasteiger partial charge in [0, 0.05) is 5.54 Å². The second-order valence-electron chi connectivity index (χ2n) is 3.09. The van der Waals surface area contributed by atoms with Crippen LogP contribution in [0, 0.1) is 11.3 Å². The van der Waals surface area contributed by atoms with Crippen LogP contribution in [0.1, 0.15) is 27.2 Å². The van der Waals surface area contributed by atoms with Gasteiger partial charge in [0.05, 0.1) is 12.7 Å². The number of nitriles is 1. The molecule has 0 spiro atoms. The molecule has 3 heteroatoms. The van der Waals surface area contributed by atoms with Crippen molar-refractivity contribution >= 4 is 0 Å². The maximum atomic E-state index is 8.39. The second-order valence-corrected chi connectivity index (χ2v) is 3.09. The van der Waals surface area contributed by atoms with Crippen molar-refractivity contribution in [2.24, 2.45) is 5.73 Å². The molecule has 0 radical (unpaired) electrons. The highest BCUT2D eigenvalue weighted by Crippen LogP contribution is 2.05. The van der Waals surface area contributed by atoms with Gasteiger partial charge in [0.15, 0.2) is 0 Å². The van der Waals surface area contributed by atoms with Crippen LogP contribution in [0.2, 0.25) is 0 Å². The summed E-state index contributed by atoms with van der Waals surface area (Å²) >= 11 is 0. The van der Waals surface area contributed by atoms with Gasteiger partial charge >= 0.3 is 0 Å². The predicted molar refractivity (Wildman–Crippen MR) is 43.9 cm³/mol. The van der Waals surface area contributed by atoms with Crippen LogP contribution in [-0.2, 0) is 4.74 Å². The summed E-state index contributed by atoms with van der Waals surface area (Å²) in [6.07, 6.45) is 0.495. The minimum atomic E-state index is -0.357. The van der Waals surface area contributed by atoms with E-state index in [-0.39, 0.29) is 11.6 Å². The lowest BCUT2D eigenvalue weighted by molar-refractivity contribution is 0.0630. The normalized spacial score (nSPS) is 18.5. The lowest BCUT2D eigenvalue weighted by Crippen LogP contribution is -2.41. The van der Waals surface area contributed by atoms with E-state index < -0.39 is 0 Å². The maximum Gasteiger partial charge on any atom is 0.141 e. The van der Waals surface area contributed by atoms with Gasteiger partial charge in [0.1, 0.15) is 6.10 Å². The average Bonchev–Trinajstić information content (AvgIpc) is 2.00. The molecule has 0 aliphatic rings. The van der Waals surface area contributed by atoms with Gasteiger partial charge in [-0.2, -0.15) is 5.26 Å². The lowest BCUT2D eigenvalue weighted by Gasteiger charge is -2.22. The summed E-state index contributed by atoms with van der Waals surface area (Å²) in [5, 5.41) is 8.39. The monoisotopic (exact) mass is 156 g/mol. The van der Waals surface area contributed by atoms with Crippen molar-refractivity contribution in [3.05, 3.63) is 0 Å². The highest BCUT2D eigenvalue weighted by Gasteiger charge is 2.16. The molecule has 0 aromatic rings. The van der Waals surface area contributed by atoms with Crippen molar-refractivity contribution in [2.45, 2.75) is 38.8 Å². The molecule has 2 atom stereocenters. The van der Waals surface area contributed by atoms with Crippen molar-refractivity contribution in [1.82, 2.24) is 0 Å². The molecule has 0 saturated heterocycles.